The summed E-state index contributed by atoms with van der Waals surface area (Å²) < 4.78 is 11.2. The Morgan fingerprint density at radius 1 is 0.278 bits per heavy atom. The standard InChI is InChI=1S/C66H64S6/c1-37(2)9-13-41-17-25-53-45(29-41)33-57(67-53)49-21-23-51(59-35-47-31-43(15-11-39(5)6)19-27-55(47)69-59)63-61(49)65-66(71-63)62-50(58-34-46-30-42(14-10-38(3)4)18-26-54(46)68-58)22-24-52(64(62)72-65)60-36-48-32-44(16-12-40(7)8)20-28-56(48)70-60/h17-40H,9-16H2,1-8H3. The normalized spacial score (nSPS) is 12.6. The molecular formula is C66H64S6. The second kappa shape index (κ2) is 19.9. The van der Waals surface area contributed by atoms with Gasteiger partial charge in [0.2, 0.25) is 0 Å². The van der Waals surface area contributed by atoms with Gasteiger partial charge in [0, 0.05) is 80.7 Å². The van der Waals surface area contributed by atoms with Crippen LogP contribution in [0.3, 0.4) is 0 Å². The second-order valence-electron chi connectivity index (χ2n) is 22.3. The molecule has 72 heavy (non-hydrogen) atoms. The molecule has 12 rings (SSSR count). The molecule has 0 N–H and O–H groups in total. The third-order valence-electron chi connectivity index (χ3n) is 14.8. The summed E-state index contributed by atoms with van der Waals surface area (Å²) in [7, 11) is 0. The van der Waals surface area contributed by atoms with Crippen LogP contribution in [-0.2, 0) is 25.7 Å². The van der Waals surface area contributed by atoms with Gasteiger partial charge in [-0.3, -0.25) is 0 Å². The van der Waals surface area contributed by atoms with Gasteiger partial charge in [0.05, 0.1) is 9.40 Å². The van der Waals surface area contributed by atoms with E-state index < -0.39 is 0 Å². The molecule has 364 valence electrons. The van der Waals surface area contributed by atoms with Gasteiger partial charge in [-0.15, -0.1) is 68.0 Å². The minimum absolute atomic E-state index is 0.694. The van der Waals surface area contributed by atoms with Crippen molar-refractivity contribution in [2.75, 3.05) is 0 Å². The molecule has 0 bridgehead atoms. The van der Waals surface area contributed by atoms with Crippen molar-refractivity contribution < 1.29 is 0 Å². The number of aryl methyl sites for hydroxylation is 4. The van der Waals surface area contributed by atoms with Gasteiger partial charge in [0.25, 0.3) is 0 Å². The summed E-state index contributed by atoms with van der Waals surface area (Å²) in [5.74, 6) is 2.78. The molecule has 0 unspecified atom stereocenters. The van der Waals surface area contributed by atoms with Crippen LogP contribution in [0.1, 0.15) is 103 Å². The van der Waals surface area contributed by atoms with E-state index in [-0.39, 0.29) is 0 Å². The smallest absolute Gasteiger partial charge is 0.0549 e. The Balaban J connectivity index is 1.09. The Morgan fingerprint density at radius 2 is 0.542 bits per heavy atom. The molecule has 0 atom stereocenters. The molecule has 6 heterocycles. The van der Waals surface area contributed by atoms with E-state index in [0.29, 0.717) is 23.7 Å². The largest absolute Gasteiger partial charge is 0.135 e. The lowest BCUT2D eigenvalue weighted by Crippen LogP contribution is -1.91. The first kappa shape index (κ1) is 48.3. The summed E-state index contributed by atoms with van der Waals surface area (Å²) in [6.07, 6.45) is 9.37. The quantitative estimate of drug-likeness (QED) is 0.0905. The van der Waals surface area contributed by atoms with Crippen LogP contribution in [0.5, 0.6) is 0 Å². The van der Waals surface area contributed by atoms with E-state index in [1.165, 1.54) is 160 Å². The molecule has 0 amide bonds. The average Bonchev–Trinajstić information content (AvgIpc) is 4.23. The van der Waals surface area contributed by atoms with Crippen LogP contribution in [0, 0.1) is 23.7 Å². The van der Waals surface area contributed by atoms with E-state index in [1.54, 1.807) is 0 Å². The summed E-state index contributed by atoms with van der Waals surface area (Å²) in [6, 6.07) is 48.7. The maximum atomic E-state index is 2.50. The molecule has 0 aliphatic heterocycles. The lowest BCUT2D eigenvalue weighted by molar-refractivity contribution is 0.587. The van der Waals surface area contributed by atoms with Gasteiger partial charge in [-0.1, -0.05) is 128 Å². The zero-order valence-electron chi connectivity index (χ0n) is 43.0. The Hall–Kier alpha value is -4.66. The Labute approximate surface area is 450 Å². The van der Waals surface area contributed by atoms with Crippen molar-refractivity contribution in [3.8, 4) is 41.8 Å². The summed E-state index contributed by atoms with van der Waals surface area (Å²) in [4.78, 5) is 5.45. The number of fused-ring (bicyclic) bond motifs is 9. The Kier molecular flexibility index (Phi) is 13.3. The van der Waals surface area contributed by atoms with Gasteiger partial charge in [0.15, 0.2) is 0 Å². The summed E-state index contributed by atoms with van der Waals surface area (Å²) >= 11 is 11.9. The van der Waals surface area contributed by atoms with Crippen molar-refractivity contribution in [3.05, 3.63) is 144 Å². The predicted molar refractivity (Wildman–Crippen MR) is 331 cm³/mol. The first-order valence-electron chi connectivity index (χ1n) is 26.4. The highest BCUT2D eigenvalue weighted by molar-refractivity contribution is 7.38. The van der Waals surface area contributed by atoms with Crippen molar-refractivity contribution in [3.63, 3.8) is 0 Å². The van der Waals surface area contributed by atoms with E-state index in [4.69, 9.17) is 0 Å². The van der Waals surface area contributed by atoms with Crippen molar-refractivity contribution >= 4 is 138 Å². The number of hydrogen-bond donors (Lipinski definition) is 0. The molecule has 6 aromatic heterocycles. The minimum Gasteiger partial charge on any atom is -0.135 e. The second-order valence-corrected chi connectivity index (χ2v) is 28.6. The van der Waals surface area contributed by atoms with Gasteiger partial charge in [-0.2, -0.15) is 0 Å². The lowest BCUT2D eigenvalue weighted by Gasteiger charge is -2.07. The molecule has 6 heteroatoms. The highest BCUT2D eigenvalue weighted by Gasteiger charge is 2.25. The minimum atomic E-state index is 0.694. The van der Waals surface area contributed by atoms with Crippen LogP contribution in [0.25, 0.3) is 112 Å². The molecular weight excluding hydrogens is 985 g/mol. The van der Waals surface area contributed by atoms with Crippen LogP contribution < -0.4 is 0 Å². The molecule has 0 aliphatic carbocycles. The Morgan fingerprint density at radius 3 is 0.819 bits per heavy atom. The van der Waals surface area contributed by atoms with Crippen molar-refractivity contribution in [2.45, 2.75) is 107 Å². The monoisotopic (exact) mass is 1050 g/mol. The molecule has 0 fully saturated rings. The molecule has 6 aromatic carbocycles. The molecule has 12 aromatic rings. The molecule has 0 aliphatic rings. The third kappa shape index (κ3) is 9.43. The number of rotatable bonds is 16. The number of hydrogen-bond acceptors (Lipinski definition) is 6. The SMILES string of the molecule is CC(C)CCc1ccc2sc(-c3ccc(-c4cc5cc(CCC(C)C)ccc5s4)c4c3sc3c4sc4c(-c5cc6cc(CCC(C)C)ccc6s5)ccc(-c5cc6cc(CCC(C)C)ccc6s5)c43)cc2c1. The van der Waals surface area contributed by atoms with Crippen LogP contribution in [-0.4, -0.2) is 0 Å². The summed E-state index contributed by atoms with van der Waals surface area (Å²) in [6.45, 7) is 18.7. The fourth-order valence-electron chi connectivity index (χ4n) is 10.6. The average molecular weight is 1050 g/mol. The van der Waals surface area contributed by atoms with Gasteiger partial charge in [0.1, 0.15) is 0 Å². The number of thiophene rings is 6. The number of benzene rings is 6. The van der Waals surface area contributed by atoms with Gasteiger partial charge in [-0.25, -0.2) is 0 Å². The van der Waals surface area contributed by atoms with E-state index in [9.17, 15) is 0 Å². The van der Waals surface area contributed by atoms with E-state index >= 15 is 0 Å². The molecule has 0 radical (unpaired) electrons. The van der Waals surface area contributed by atoms with E-state index in [0.717, 1.165) is 25.7 Å². The van der Waals surface area contributed by atoms with Crippen molar-refractivity contribution in [1.82, 2.24) is 0 Å². The zero-order chi connectivity index (χ0) is 49.4. The molecule has 0 spiro atoms. The van der Waals surface area contributed by atoms with Crippen LogP contribution in [0.2, 0.25) is 0 Å². The molecule has 0 nitrogen and oxygen atoms in total. The van der Waals surface area contributed by atoms with Gasteiger partial charge < -0.3 is 0 Å². The predicted octanol–water partition coefficient (Wildman–Crippen LogP) is 23.2. The van der Waals surface area contributed by atoms with Gasteiger partial charge in [-0.05, 0) is 167 Å². The maximum absolute atomic E-state index is 2.50. The first-order chi connectivity index (χ1) is 34.9. The van der Waals surface area contributed by atoms with Gasteiger partial charge >= 0.3 is 0 Å². The first-order valence-corrected chi connectivity index (χ1v) is 31.3. The third-order valence-corrected chi connectivity index (χ3v) is 22.0. The summed E-state index contributed by atoms with van der Waals surface area (Å²) in [5, 5.41) is 8.32. The molecule has 0 saturated carbocycles. The topological polar surface area (TPSA) is 0 Å². The highest BCUT2D eigenvalue weighted by atomic mass is 32.1. The Bertz CT molecular complexity index is 3700. The highest BCUT2D eigenvalue weighted by Crippen LogP contribution is 2.56. The fourth-order valence-corrected chi connectivity index (χ4v) is 18.0. The molecule has 0 saturated heterocycles. The van der Waals surface area contributed by atoms with E-state index in [2.05, 4.69) is 177 Å². The van der Waals surface area contributed by atoms with Crippen molar-refractivity contribution in [2.24, 2.45) is 23.7 Å². The van der Waals surface area contributed by atoms with Crippen LogP contribution in [0.15, 0.2) is 121 Å². The van der Waals surface area contributed by atoms with Crippen LogP contribution >= 0.6 is 68.0 Å². The maximum Gasteiger partial charge on any atom is 0.0549 e. The van der Waals surface area contributed by atoms with Crippen molar-refractivity contribution in [1.29, 1.82) is 0 Å². The fraction of sp³-hybridized carbons (Fsp3) is 0.303. The zero-order valence-corrected chi connectivity index (χ0v) is 47.9. The lowest BCUT2D eigenvalue weighted by atomic mass is 10.00. The van der Waals surface area contributed by atoms with E-state index in [1.807, 2.05) is 68.0 Å². The summed E-state index contributed by atoms with van der Waals surface area (Å²) in [5.41, 5.74) is 11.2. The van der Waals surface area contributed by atoms with Crippen LogP contribution in [0.4, 0.5) is 0 Å².